The largest absolute Gasteiger partial charge is 0.530 e. The summed E-state index contributed by atoms with van der Waals surface area (Å²) in [4.78, 5) is 0. The van der Waals surface area contributed by atoms with Crippen LogP contribution in [0, 0.1) is 46.5 Å². The Morgan fingerprint density at radius 2 is 0.880 bits per heavy atom. The van der Waals surface area contributed by atoms with Gasteiger partial charge in [-0.15, -0.1) is 0 Å². The molecular weight excluding hydrogens is 411 g/mol. The Balaban J connectivity index is 2.45. The van der Waals surface area contributed by atoms with Gasteiger partial charge < -0.3 is 9.05 Å². The van der Waals surface area contributed by atoms with Crippen LogP contribution in [-0.2, 0) is 4.57 Å². The molecule has 0 radical (unpaired) electrons. The Hall–Kier alpha value is -2.00. The van der Waals surface area contributed by atoms with E-state index in [4.69, 9.17) is 11.2 Å². The Kier molecular flexibility index (Phi) is 5.19. The summed E-state index contributed by atoms with van der Waals surface area (Å²) >= 11 is 5.06. The van der Waals surface area contributed by atoms with Gasteiger partial charge in [0.25, 0.3) is 0 Å². The Bertz CT molecular complexity index is 785. The summed E-state index contributed by atoms with van der Waals surface area (Å²) in [6.07, 6.45) is 0. The van der Waals surface area contributed by atoms with Crippen molar-refractivity contribution < 1.29 is 48.7 Å². The van der Waals surface area contributed by atoms with E-state index in [1.54, 1.807) is 0 Å². The molecule has 0 saturated heterocycles. The molecule has 136 valence electrons. The predicted octanol–water partition coefficient (Wildman–Crippen LogP) is 5.60. The first-order chi connectivity index (χ1) is 11.4. The van der Waals surface area contributed by atoms with Crippen LogP contribution in [0.15, 0.2) is 12.1 Å². The summed E-state index contributed by atoms with van der Waals surface area (Å²) in [7, 11) is 0. The van der Waals surface area contributed by atoms with E-state index in [1.807, 2.05) is 0 Å². The molecule has 13 heteroatoms. The maximum atomic E-state index is 13.4. The number of benzene rings is 2. The molecule has 2 aromatic rings. The molecule has 0 aliphatic carbocycles. The Morgan fingerprint density at radius 3 is 1.12 bits per heavy atom. The van der Waals surface area contributed by atoms with Crippen molar-refractivity contribution in [2.45, 2.75) is 0 Å². The van der Waals surface area contributed by atoms with Crippen molar-refractivity contribution >= 4 is 18.2 Å². The molecule has 0 unspecified atom stereocenters. The van der Waals surface area contributed by atoms with Gasteiger partial charge in [-0.1, -0.05) is 0 Å². The number of rotatable bonds is 4. The molecule has 0 aromatic heterocycles. The fourth-order valence-corrected chi connectivity index (χ4v) is 2.71. The summed E-state index contributed by atoms with van der Waals surface area (Å²) < 4.78 is 125. The smallest absolute Gasteiger partial charge is 0.398 e. The fraction of sp³-hybridized carbons (Fsp3) is 0. The first-order valence-corrected chi connectivity index (χ1v) is 8.24. The second kappa shape index (κ2) is 6.72. The lowest BCUT2D eigenvalue weighted by Gasteiger charge is -2.16. The minimum Gasteiger partial charge on any atom is -0.398 e. The topological polar surface area (TPSA) is 35.5 Å². The van der Waals surface area contributed by atoms with Crippen LogP contribution < -0.4 is 9.05 Å². The van der Waals surface area contributed by atoms with Gasteiger partial charge in [-0.3, -0.25) is 0 Å². The minimum absolute atomic E-state index is 0.223. The van der Waals surface area contributed by atoms with Gasteiger partial charge in [0, 0.05) is 23.4 Å². The minimum atomic E-state index is -5.48. The predicted molar refractivity (Wildman–Crippen MR) is 67.3 cm³/mol. The number of hydrogen-bond acceptors (Lipinski definition) is 3. The van der Waals surface area contributed by atoms with E-state index in [-0.39, 0.29) is 12.1 Å². The highest BCUT2D eigenvalue weighted by molar-refractivity contribution is 7.82. The van der Waals surface area contributed by atoms with Crippen molar-refractivity contribution in [3.05, 3.63) is 58.7 Å². The maximum Gasteiger partial charge on any atom is 0.530 e. The van der Waals surface area contributed by atoms with Crippen LogP contribution in [0.4, 0.5) is 35.1 Å². The molecule has 0 fully saturated rings. The average Bonchev–Trinajstić information content (AvgIpc) is 2.52. The van der Waals surface area contributed by atoms with Crippen molar-refractivity contribution in [2.75, 3.05) is 0 Å². The van der Waals surface area contributed by atoms with Crippen molar-refractivity contribution in [1.29, 1.82) is 0 Å². The quantitative estimate of drug-likeness (QED) is 0.372. The van der Waals surface area contributed by atoms with Gasteiger partial charge in [0.15, 0.2) is 23.3 Å². The normalized spacial score (nSPS) is 11.6. The summed E-state index contributed by atoms with van der Waals surface area (Å²) in [6, 6.07) is -0.447. The number of hydrogen-bond donors (Lipinski definition) is 0. The molecule has 0 N–H and O–H groups in total. The van der Waals surface area contributed by atoms with Crippen molar-refractivity contribution in [2.24, 2.45) is 0 Å². The molecule has 0 aliphatic rings. The van der Waals surface area contributed by atoms with E-state index in [0.29, 0.717) is 0 Å². The zero-order chi connectivity index (χ0) is 19.1. The van der Waals surface area contributed by atoms with E-state index in [0.717, 1.165) is 0 Å². The standard InChI is InChI=1S/C12H2ClF8O3P/c13-25(22,23-11-7(18)3(14)1-4(15)8(11)19)24-12-9(20)5(16)2-6(17)10(12)21/h1-2H. The van der Waals surface area contributed by atoms with Crippen LogP contribution >= 0.6 is 18.2 Å². The van der Waals surface area contributed by atoms with E-state index in [2.05, 4.69) is 9.05 Å². The molecular formula is C12H2ClF8O3P. The molecule has 3 nitrogen and oxygen atoms in total. The molecule has 0 heterocycles. The van der Waals surface area contributed by atoms with Gasteiger partial charge in [0.05, 0.1) is 0 Å². The lowest BCUT2D eigenvalue weighted by atomic mass is 10.3. The summed E-state index contributed by atoms with van der Waals surface area (Å²) in [5.74, 6) is -20.7. The van der Waals surface area contributed by atoms with Gasteiger partial charge in [0.1, 0.15) is 0 Å². The molecule has 0 amide bonds. The van der Waals surface area contributed by atoms with E-state index >= 15 is 0 Å². The van der Waals surface area contributed by atoms with Crippen molar-refractivity contribution in [3.8, 4) is 11.5 Å². The van der Waals surface area contributed by atoms with Gasteiger partial charge >= 0.3 is 6.95 Å². The third-order valence-corrected chi connectivity index (χ3v) is 3.76. The maximum absolute atomic E-state index is 13.4. The van der Waals surface area contributed by atoms with Crippen LogP contribution in [0.5, 0.6) is 11.5 Å². The third kappa shape index (κ3) is 3.82. The van der Waals surface area contributed by atoms with Crippen LogP contribution in [-0.4, -0.2) is 0 Å². The van der Waals surface area contributed by atoms with Gasteiger partial charge in [-0.25, -0.2) is 22.1 Å². The van der Waals surface area contributed by atoms with Crippen LogP contribution in [0.2, 0.25) is 0 Å². The van der Waals surface area contributed by atoms with Crippen molar-refractivity contribution in [1.82, 2.24) is 0 Å². The zero-order valence-electron chi connectivity index (χ0n) is 11.2. The van der Waals surface area contributed by atoms with E-state index in [9.17, 15) is 39.7 Å². The second-order valence-electron chi connectivity index (χ2n) is 4.21. The fourth-order valence-electron chi connectivity index (χ4n) is 1.50. The highest BCUT2D eigenvalue weighted by atomic mass is 35.7. The SMILES string of the molecule is O=P(Cl)(Oc1c(F)c(F)cc(F)c1F)Oc1c(F)c(F)cc(F)c1F. The number of halogens is 9. The van der Waals surface area contributed by atoms with Crippen LogP contribution in [0.3, 0.4) is 0 Å². The van der Waals surface area contributed by atoms with E-state index < -0.39 is 65.0 Å². The first-order valence-electron chi connectivity index (χ1n) is 5.79. The lowest BCUT2D eigenvalue weighted by Crippen LogP contribution is -2.06. The monoisotopic (exact) mass is 412 g/mol. The molecule has 2 rings (SSSR count). The Morgan fingerprint density at radius 1 is 0.640 bits per heavy atom. The van der Waals surface area contributed by atoms with Crippen molar-refractivity contribution in [3.63, 3.8) is 0 Å². The van der Waals surface area contributed by atoms with Crippen LogP contribution in [0.25, 0.3) is 0 Å². The molecule has 25 heavy (non-hydrogen) atoms. The van der Waals surface area contributed by atoms with Gasteiger partial charge in [-0.2, -0.15) is 17.6 Å². The highest BCUT2D eigenvalue weighted by Crippen LogP contribution is 2.55. The molecule has 0 atom stereocenters. The Labute approximate surface area is 138 Å². The summed E-state index contributed by atoms with van der Waals surface area (Å²) in [6.45, 7) is -5.48. The molecule has 0 bridgehead atoms. The van der Waals surface area contributed by atoms with E-state index in [1.165, 1.54) is 0 Å². The molecule has 2 aromatic carbocycles. The average molecular weight is 413 g/mol. The third-order valence-electron chi connectivity index (χ3n) is 2.54. The highest BCUT2D eigenvalue weighted by Gasteiger charge is 2.34. The second-order valence-corrected chi connectivity index (χ2v) is 6.68. The molecule has 0 saturated carbocycles. The van der Waals surface area contributed by atoms with Gasteiger partial charge in [-0.05, 0) is 0 Å². The summed E-state index contributed by atoms with van der Waals surface area (Å²) in [5.41, 5.74) is 0. The van der Waals surface area contributed by atoms with Crippen LogP contribution in [0.1, 0.15) is 0 Å². The molecule has 0 aliphatic heterocycles. The first kappa shape index (κ1) is 19.3. The summed E-state index contributed by atoms with van der Waals surface area (Å²) in [5, 5.41) is 0. The molecule has 0 spiro atoms. The van der Waals surface area contributed by atoms with Gasteiger partial charge in [0.2, 0.25) is 34.8 Å². The zero-order valence-corrected chi connectivity index (χ0v) is 12.9. The lowest BCUT2D eigenvalue weighted by molar-refractivity contribution is 0.338.